The Morgan fingerprint density at radius 3 is 2.58 bits per heavy atom. The summed E-state index contributed by atoms with van der Waals surface area (Å²) >= 11 is 0. The zero-order chi connectivity index (χ0) is 13.9. The average molecular weight is 268 g/mol. The van der Waals surface area contributed by atoms with Crippen molar-refractivity contribution >= 4 is 5.97 Å². The number of esters is 1. The second kappa shape index (κ2) is 6.23. The van der Waals surface area contributed by atoms with E-state index < -0.39 is 5.54 Å². The van der Waals surface area contributed by atoms with Gasteiger partial charge in [0.25, 0.3) is 0 Å². The van der Waals surface area contributed by atoms with Crippen molar-refractivity contribution in [2.75, 3.05) is 13.7 Å². The Labute approximate surface area is 116 Å². The molecule has 0 aromatic rings. The summed E-state index contributed by atoms with van der Waals surface area (Å²) in [5.41, 5.74) is -0.590. The van der Waals surface area contributed by atoms with Crippen LogP contribution >= 0.6 is 0 Å². The van der Waals surface area contributed by atoms with Gasteiger partial charge in [0, 0.05) is 12.1 Å². The van der Waals surface area contributed by atoms with Gasteiger partial charge in [-0.15, -0.1) is 0 Å². The molecule has 2 aliphatic rings. The molecule has 1 aliphatic heterocycles. The lowest BCUT2D eigenvalue weighted by Crippen LogP contribution is -2.57. The second-order valence-corrected chi connectivity index (χ2v) is 6.52. The maximum Gasteiger partial charge on any atom is 0.325 e. The summed E-state index contributed by atoms with van der Waals surface area (Å²) in [5.74, 6) is 0.483. The first kappa shape index (κ1) is 14.8. The molecule has 0 bridgehead atoms. The molecular formula is C15H28N2O2. The highest BCUT2D eigenvalue weighted by Gasteiger charge is 2.38. The molecule has 1 heterocycles. The van der Waals surface area contributed by atoms with Crippen LogP contribution in [0.1, 0.15) is 52.4 Å². The third kappa shape index (κ3) is 3.48. The van der Waals surface area contributed by atoms with Crippen molar-refractivity contribution in [3.63, 3.8) is 0 Å². The number of methoxy groups -OCH3 is 1. The Morgan fingerprint density at radius 2 is 1.95 bits per heavy atom. The molecule has 19 heavy (non-hydrogen) atoms. The molecule has 2 fully saturated rings. The van der Waals surface area contributed by atoms with Crippen molar-refractivity contribution in [1.82, 2.24) is 10.6 Å². The van der Waals surface area contributed by atoms with Crippen LogP contribution in [0.3, 0.4) is 0 Å². The predicted molar refractivity (Wildman–Crippen MR) is 76.0 cm³/mol. The zero-order valence-electron chi connectivity index (χ0n) is 12.5. The third-order valence-corrected chi connectivity index (χ3v) is 4.68. The lowest BCUT2D eigenvalue weighted by Gasteiger charge is -2.40. The Hall–Kier alpha value is -0.610. The highest BCUT2D eigenvalue weighted by molar-refractivity contribution is 5.79. The molecule has 0 aromatic carbocycles. The van der Waals surface area contributed by atoms with E-state index in [1.807, 2.05) is 13.8 Å². The monoisotopic (exact) mass is 268 g/mol. The summed E-state index contributed by atoms with van der Waals surface area (Å²) in [6.45, 7) is 4.99. The number of carbonyl (C=O) groups is 1. The number of nitrogens with one attached hydrogen (secondary N) is 2. The van der Waals surface area contributed by atoms with E-state index in [1.54, 1.807) is 0 Å². The average Bonchev–Trinajstić information content (AvgIpc) is 2.91. The van der Waals surface area contributed by atoms with E-state index in [0.717, 1.165) is 6.54 Å². The number of carbonyl (C=O) groups excluding carboxylic acids is 1. The third-order valence-electron chi connectivity index (χ3n) is 4.68. The van der Waals surface area contributed by atoms with Crippen molar-refractivity contribution in [3.05, 3.63) is 0 Å². The first-order valence-electron chi connectivity index (χ1n) is 7.64. The van der Waals surface area contributed by atoms with Crippen molar-refractivity contribution in [2.45, 2.75) is 70.0 Å². The normalized spacial score (nSPS) is 32.3. The molecule has 2 N–H and O–H groups in total. The first-order chi connectivity index (χ1) is 9.04. The molecule has 1 saturated heterocycles. The van der Waals surface area contributed by atoms with Gasteiger partial charge in [0.2, 0.25) is 0 Å². The minimum Gasteiger partial charge on any atom is -0.468 e. The van der Waals surface area contributed by atoms with Gasteiger partial charge in [-0.25, -0.2) is 0 Å². The molecule has 0 radical (unpaired) electrons. The minimum absolute atomic E-state index is 0.170. The van der Waals surface area contributed by atoms with E-state index >= 15 is 0 Å². The number of hydrogen-bond acceptors (Lipinski definition) is 4. The summed E-state index contributed by atoms with van der Waals surface area (Å²) in [6, 6.07) is 1.06. The molecule has 110 valence electrons. The van der Waals surface area contributed by atoms with Crippen LogP contribution in [0.4, 0.5) is 0 Å². The lowest BCUT2D eigenvalue weighted by molar-refractivity contribution is -0.147. The highest BCUT2D eigenvalue weighted by atomic mass is 16.5. The molecular weight excluding hydrogens is 240 g/mol. The van der Waals surface area contributed by atoms with Crippen molar-refractivity contribution in [2.24, 2.45) is 5.92 Å². The summed E-state index contributed by atoms with van der Waals surface area (Å²) < 4.78 is 4.90. The zero-order valence-corrected chi connectivity index (χ0v) is 12.5. The van der Waals surface area contributed by atoms with Gasteiger partial charge in [0.05, 0.1) is 7.11 Å². The van der Waals surface area contributed by atoms with Gasteiger partial charge >= 0.3 is 5.97 Å². The Morgan fingerprint density at radius 1 is 1.21 bits per heavy atom. The fourth-order valence-corrected chi connectivity index (χ4v) is 3.67. The Bertz CT molecular complexity index is 311. The molecule has 2 rings (SSSR count). The smallest absolute Gasteiger partial charge is 0.325 e. The maximum absolute atomic E-state index is 11.8. The quantitative estimate of drug-likeness (QED) is 0.764. The van der Waals surface area contributed by atoms with Gasteiger partial charge in [-0.05, 0) is 52.0 Å². The first-order valence-corrected chi connectivity index (χ1v) is 7.64. The molecule has 0 spiro atoms. The van der Waals surface area contributed by atoms with Crippen molar-refractivity contribution in [3.8, 4) is 0 Å². The largest absolute Gasteiger partial charge is 0.468 e. The Kier molecular flexibility index (Phi) is 4.85. The Balaban J connectivity index is 2.01. The molecule has 4 nitrogen and oxygen atoms in total. The van der Waals surface area contributed by atoms with Gasteiger partial charge in [0.1, 0.15) is 5.54 Å². The van der Waals surface area contributed by atoms with Gasteiger partial charge in [-0.2, -0.15) is 0 Å². The van der Waals surface area contributed by atoms with E-state index in [0.29, 0.717) is 18.0 Å². The van der Waals surface area contributed by atoms with Gasteiger partial charge < -0.3 is 10.1 Å². The van der Waals surface area contributed by atoms with Crippen LogP contribution in [0.5, 0.6) is 0 Å². The molecule has 1 aliphatic carbocycles. The van der Waals surface area contributed by atoms with Crippen LogP contribution in [0.15, 0.2) is 0 Å². The second-order valence-electron chi connectivity index (χ2n) is 6.52. The summed E-state index contributed by atoms with van der Waals surface area (Å²) in [7, 11) is 1.46. The maximum atomic E-state index is 11.8. The van der Waals surface area contributed by atoms with E-state index in [4.69, 9.17) is 4.74 Å². The molecule has 3 unspecified atom stereocenters. The van der Waals surface area contributed by atoms with Gasteiger partial charge in [0.15, 0.2) is 0 Å². The summed E-state index contributed by atoms with van der Waals surface area (Å²) in [6.07, 6.45) is 7.59. The fraction of sp³-hybridized carbons (Fsp3) is 0.933. The number of rotatable bonds is 4. The van der Waals surface area contributed by atoms with E-state index in [9.17, 15) is 4.79 Å². The van der Waals surface area contributed by atoms with Crippen LogP contribution in [0.25, 0.3) is 0 Å². The van der Waals surface area contributed by atoms with E-state index in [2.05, 4.69) is 10.6 Å². The van der Waals surface area contributed by atoms with Crippen LogP contribution < -0.4 is 10.6 Å². The molecule has 3 atom stereocenters. The van der Waals surface area contributed by atoms with Crippen molar-refractivity contribution < 1.29 is 9.53 Å². The molecule has 4 heteroatoms. The topological polar surface area (TPSA) is 50.4 Å². The van der Waals surface area contributed by atoms with Gasteiger partial charge in [-0.1, -0.05) is 12.8 Å². The SMILES string of the molecule is COC(=O)C(C)(C)NC1CCCCC1C1CCCN1. The van der Waals surface area contributed by atoms with Crippen LogP contribution in [-0.2, 0) is 9.53 Å². The highest BCUT2D eigenvalue weighted by Crippen LogP contribution is 2.31. The molecule has 0 aromatic heterocycles. The van der Waals surface area contributed by atoms with Crippen LogP contribution in [0, 0.1) is 5.92 Å². The summed E-state index contributed by atoms with van der Waals surface area (Å²) in [4.78, 5) is 11.8. The van der Waals surface area contributed by atoms with Crippen LogP contribution in [0.2, 0.25) is 0 Å². The molecule has 0 amide bonds. The van der Waals surface area contributed by atoms with E-state index in [1.165, 1.54) is 45.6 Å². The van der Waals surface area contributed by atoms with Crippen molar-refractivity contribution in [1.29, 1.82) is 0 Å². The predicted octanol–water partition coefficient (Wildman–Crippen LogP) is 1.84. The minimum atomic E-state index is -0.590. The van der Waals surface area contributed by atoms with Gasteiger partial charge in [-0.3, -0.25) is 10.1 Å². The number of ether oxygens (including phenoxy) is 1. The lowest BCUT2D eigenvalue weighted by atomic mass is 9.78. The number of hydrogen-bond donors (Lipinski definition) is 2. The van der Waals surface area contributed by atoms with E-state index in [-0.39, 0.29) is 5.97 Å². The standard InChI is InChI=1S/C15H28N2O2/c1-15(2,14(18)19-3)17-13-8-5-4-7-11(13)12-9-6-10-16-12/h11-13,16-17H,4-10H2,1-3H3. The van der Waals surface area contributed by atoms with Crippen LogP contribution in [-0.4, -0.2) is 37.2 Å². The fourth-order valence-electron chi connectivity index (χ4n) is 3.67. The summed E-state index contributed by atoms with van der Waals surface area (Å²) in [5, 5.41) is 7.19. The molecule has 1 saturated carbocycles.